The van der Waals surface area contributed by atoms with Crippen molar-refractivity contribution < 1.29 is 14.3 Å². The zero-order valence-electron chi connectivity index (χ0n) is 18.0. The van der Waals surface area contributed by atoms with Crippen molar-refractivity contribution in [2.24, 2.45) is 0 Å². The van der Waals surface area contributed by atoms with Crippen LogP contribution in [-0.4, -0.2) is 50.3 Å². The van der Waals surface area contributed by atoms with E-state index in [0.717, 1.165) is 49.5 Å². The third-order valence-corrected chi connectivity index (χ3v) is 5.40. The van der Waals surface area contributed by atoms with Crippen LogP contribution in [0.2, 0.25) is 0 Å². The van der Waals surface area contributed by atoms with Crippen molar-refractivity contribution in [3.8, 4) is 5.75 Å². The summed E-state index contributed by atoms with van der Waals surface area (Å²) in [6, 6.07) is 16.5. The number of ether oxygens (including phenoxy) is 2. The van der Waals surface area contributed by atoms with Crippen molar-refractivity contribution in [3.05, 3.63) is 71.3 Å². The van der Waals surface area contributed by atoms with Gasteiger partial charge in [0.05, 0.1) is 0 Å². The van der Waals surface area contributed by atoms with Gasteiger partial charge in [0.2, 0.25) is 5.91 Å². The number of benzene rings is 2. The molecule has 160 valence electrons. The van der Waals surface area contributed by atoms with E-state index in [-0.39, 0.29) is 5.91 Å². The lowest BCUT2D eigenvalue weighted by molar-refractivity contribution is -0.116. The lowest BCUT2D eigenvalue weighted by atomic mass is 10.1. The minimum atomic E-state index is -0.111. The molecule has 5 heteroatoms. The molecule has 3 rings (SSSR count). The highest BCUT2D eigenvalue weighted by Crippen LogP contribution is 2.15. The summed E-state index contributed by atoms with van der Waals surface area (Å²) in [4.78, 5) is 14.4. The number of nitrogens with zero attached hydrogens (tertiary/aromatic N) is 1. The molecular weight excluding hydrogens is 376 g/mol. The molecule has 1 fully saturated rings. The Hall–Kier alpha value is -2.63. The maximum Gasteiger partial charge on any atom is 0.244 e. The average Bonchev–Trinajstić information content (AvgIpc) is 2.78. The predicted molar refractivity (Wildman–Crippen MR) is 120 cm³/mol. The number of amides is 1. The minimum Gasteiger partial charge on any atom is -0.492 e. The maximum absolute atomic E-state index is 12.1. The molecule has 0 bridgehead atoms. The summed E-state index contributed by atoms with van der Waals surface area (Å²) in [5, 5.41) is 2.92. The van der Waals surface area contributed by atoms with Gasteiger partial charge < -0.3 is 14.8 Å². The smallest absolute Gasteiger partial charge is 0.244 e. The Balaban J connectivity index is 1.41. The maximum atomic E-state index is 12.1. The number of carbonyl (C=O) groups excluding carboxylic acids is 1. The van der Waals surface area contributed by atoms with Crippen LogP contribution in [0.15, 0.2) is 54.6 Å². The summed E-state index contributed by atoms with van der Waals surface area (Å²) >= 11 is 0. The fourth-order valence-electron chi connectivity index (χ4n) is 3.46. The van der Waals surface area contributed by atoms with Gasteiger partial charge in [-0.15, -0.1) is 0 Å². The van der Waals surface area contributed by atoms with Crippen molar-refractivity contribution in [1.29, 1.82) is 0 Å². The van der Waals surface area contributed by atoms with Crippen LogP contribution in [-0.2, 0) is 16.1 Å². The van der Waals surface area contributed by atoms with E-state index in [1.165, 1.54) is 5.56 Å². The molecule has 0 aromatic heterocycles. The molecule has 0 unspecified atom stereocenters. The fourth-order valence-corrected chi connectivity index (χ4v) is 3.46. The molecule has 30 heavy (non-hydrogen) atoms. The van der Waals surface area contributed by atoms with Gasteiger partial charge in [0, 0.05) is 38.4 Å². The van der Waals surface area contributed by atoms with Gasteiger partial charge in [-0.3, -0.25) is 9.69 Å². The summed E-state index contributed by atoms with van der Waals surface area (Å²) in [7, 11) is 2.15. The monoisotopic (exact) mass is 408 g/mol. The average molecular weight is 409 g/mol. The minimum absolute atomic E-state index is 0.111. The van der Waals surface area contributed by atoms with E-state index in [9.17, 15) is 4.79 Å². The number of rotatable bonds is 9. The van der Waals surface area contributed by atoms with Crippen molar-refractivity contribution in [2.45, 2.75) is 32.4 Å². The second-order valence-electron chi connectivity index (χ2n) is 7.78. The second-order valence-corrected chi connectivity index (χ2v) is 7.78. The van der Waals surface area contributed by atoms with Crippen LogP contribution in [0.25, 0.3) is 6.08 Å². The number of hydrogen-bond donors (Lipinski definition) is 1. The van der Waals surface area contributed by atoms with Gasteiger partial charge in [-0.1, -0.05) is 42.0 Å². The second kappa shape index (κ2) is 11.5. The molecule has 0 saturated carbocycles. The SMILES string of the molecule is Cc1ccc(/C=C/C(=O)NCc2cccc(OCCN(C)C3CCOCC3)c2)cc1. The molecule has 1 amide bonds. The molecule has 0 atom stereocenters. The Morgan fingerprint density at radius 2 is 1.97 bits per heavy atom. The molecule has 1 saturated heterocycles. The molecule has 1 aliphatic rings. The zero-order valence-corrected chi connectivity index (χ0v) is 18.0. The van der Waals surface area contributed by atoms with E-state index in [0.29, 0.717) is 19.2 Å². The van der Waals surface area contributed by atoms with Gasteiger partial charge in [0.15, 0.2) is 0 Å². The van der Waals surface area contributed by atoms with Crippen LogP contribution in [0, 0.1) is 6.92 Å². The highest BCUT2D eigenvalue weighted by Gasteiger charge is 2.17. The molecule has 5 nitrogen and oxygen atoms in total. The van der Waals surface area contributed by atoms with Crippen LogP contribution in [0.5, 0.6) is 5.75 Å². The third-order valence-electron chi connectivity index (χ3n) is 5.40. The Morgan fingerprint density at radius 3 is 2.73 bits per heavy atom. The summed E-state index contributed by atoms with van der Waals surface area (Å²) in [6.07, 6.45) is 5.56. The Kier molecular flexibility index (Phi) is 8.48. The molecule has 2 aromatic rings. The fraction of sp³-hybridized carbons (Fsp3) is 0.400. The van der Waals surface area contributed by atoms with E-state index in [1.807, 2.05) is 61.5 Å². The first kappa shape index (κ1) is 22.1. The van der Waals surface area contributed by atoms with E-state index in [2.05, 4.69) is 17.3 Å². The van der Waals surface area contributed by atoms with E-state index in [4.69, 9.17) is 9.47 Å². The van der Waals surface area contributed by atoms with E-state index < -0.39 is 0 Å². The van der Waals surface area contributed by atoms with Gasteiger partial charge >= 0.3 is 0 Å². The summed E-state index contributed by atoms with van der Waals surface area (Å²) in [6.45, 7) is 5.74. The van der Waals surface area contributed by atoms with Crippen molar-refractivity contribution in [2.75, 3.05) is 33.4 Å². The Bertz CT molecular complexity index is 827. The standard InChI is InChI=1S/C25H32N2O3/c1-20-6-8-21(9-7-20)10-11-25(28)26-19-22-4-3-5-24(18-22)30-17-14-27(2)23-12-15-29-16-13-23/h3-11,18,23H,12-17,19H2,1-2H3,(H,26,28)/b11-10+. The van der Waals surface area contributed by atoms with Crippen molar-refractivity contribution >= 4 is 12.0 Å². The van der Waals surface area contributed by atoms with E-state index in [1.54, 1.807) is 6.08 Å². The number of aryl methyl sites for hydroxylation is 1. The molecule has 0 spiro atoms. The van der Waals surface area contributed by atoms with Gasteiger partial charge in [-0.25, -0.2) is 0 Å². The highest BCUT2D eigenvalue weighted by atomic mass is 16.5. The first-order valence-corrected chi connectivity index (χ1v) is 10.6. The molecule has 0 radical (unpaired) electrons. The number of nitrogens with one attached hydrogen (secondary N) is 1. The quantitative estimate of drug-likeness (QED) is 0.641. The van der Waals surface area contributed by atoms with Gasteiger partial charge in [-0.05, 0) is 56.1 Å². The summed E-state index contributed by atoms with van der Waals surface area (Å²) in [5.74, 6) is 0.720. The molecule has 1 heterocycles. The topological polar surface area (TPSA) is 50.8 Å². The van der Waals surface area contributed by atoms with Gasteiger partial charge in [0.1, 0.15) is 12.4 Å². The first-order chi connectivity index (χ1) is 14.6. The molecule has 2 aromatic carbocycles. The molecule has 1 N–H and O–H groups in total. The predicted octanol–water partition coefficient (Wildman–Crippen LogP) is 3.81. The molecule has 0 aliphatic carbocycles. The van der Waals surface area contributed by atoms with Crippen LogP contribution < -0.4 is 10.1 Å². The summed E-state index contributed by atoms with van der Waals surface area (Å²) < 4.78 is 11.4. The van der Waals surface area contributed by atoms with Crippen molar-refractivity contribution in [1.82, 2.24) is 10.2 Å². The lowest BCUT2D eigenvalue weighted by Crippen LogP contribution is -2.38. The zero-order chi connectivity index (χ0) is 21.2. The van der Waals surface area contributed by atoms with Gasteiger partial charge in [-0.2, -0.15) is 0 Å². The largest absolute Gasteiger partial charge is 0.492 e. The molecular formula is C25H32N2O3. The number of likely N-dealkylation sites (N-methyl/N-ethyl adjacent to an activating group) is 1. The summed E-state index contributed by atoms with van der Waals surface area (Å²) in [5.41, 5.74) is 3.23. The Morgan fingerprint density at radius 1 is 1.20 bits per heavy atom. The molecule has 1 aliphatic heterocycles. The normalized spacial score (nSPS) is 14.9. The van der Waals surface area contributed by atoms with Crippen LogP contribution in [0.3, 0.4) is 0 Å². The third kappa shape index (κ3) is 7.32. The number of hydrogen-bond acceptors (Lipinski definition) is 4. The highest BCUT2D eigenvalue weighted by molar-refractivity contribution is 5.91. The first-order valence-electron chi connectivity index (χ1n) is 10.6. The van der Waals surface area contributed by atoms with Crippen LogP contribution in [0.1, 0.15) is 29.5 Å². The van der Waals surface area contributed by atoms with Gasteiger partial charge in [0.25, 0.3) is 0 Å². The lowest BCUT2D eigenvalue weighted by Gasteiger charge is -2.31. The Labute approximate surface area is 179 Å². The van der Waals surface area contributed by atoms with Crippen molar-refractivity contribution in [3.63, 3.8) is 0 Å². The van der Waals surface area contributed by atoms with E-state index >= 15 is 0 Å². The number of carbonyl (C=O) groups is 1. The van der Waals surface area contributed by atoms with Crippen LogP contribution in [0.4, 0.5) is 0 Å². The van der Waals surface area contributed by atoms with Crippen LogP contribution >= 0.6 is 0 Å².